The summed E-state index contributed by atoms with van der Waals surface area (Å²) in [4.78, 5) is 0. The molecule has 5 heteroatoms. The largest absolute Gasteiger partial charge is 0.573 e. The Hall–Kier alpha value is -1.78. The Labute approximate surface area is 128 Å². The van der Waals surface area contributed by atoms with Crippen LogP contribution in [0.25, 0.3) is 0 Å². The molecular formula is C17H20F4O. The molecule has 0 heterocycles. The molecule has 122 valence electrons. The molecule has 0 saturated heterocycles. The predicted octanol–water partition coefficient (Wildman–Crippen LogP) is 5.74. The van der Waals surface area contributed by atoms with Crippen LogP contribution in [0, 0.1) is 5.82 Å². The Morgan fingerprint density at radius 2 is 1.45 bits per heavy atom. The molecule has 0 spiro atoms. The third kappa shape index (κ3) is 5.92. The number of allylic oxidation sites excluding steroid dienone is 4. The van der Waals surface area contributed by atoms with Gasteiger partial charge in [0.15, 0.2) is 11.6 Å². The van der Waals surface area contributed by atoms with Gasteiger partial charge in [0.2, 0.25) is 0 Å². The zero-order valence-corrected chi connectivity index (χ0v) is 12.7. The molecule has 0 aliphatic rings. The molecule has 0 fully saturated rings. The van der Waals surface area contributed by atoms with Crippen LogP contribution in [-0.2, 0) is 12.8 Å². The standard InChI is InChI=1S/C17H20F4O/c1-3-5-7-9-13-11-12-14(10-8-6-4-2)16(15(13)18)22-17(19,20)21/h3-6,11-12H,7-10H2,1-2H3/b5-3+,6-4+. The van der Waals surface area contributed by atoms with E-state index in [2.05, 4.69) is 4.74 Å². The number of hydrogen-bond acceptors (Lipinski definition) is 1. The van der Waals surface area contributed by atoms with Crippen LogP contribution in [0.2, 0.25) is 0 Å². The number of halogens is 4. The molecule has 0 bridgehead atoms. The fourth-order valence-corrected chi connectivity index (χ4v) is 2.06. The van der Waals surface area contributed by atoms with Crippen molar-refractivity contribution >= 4 is 0 Å². The van der Waals surface area contributed by atoms with Gasteiger partial charge < -0.3 is 4.74 Å². The van der Waals surface area contributed by atoms with E-state index in [1.54, 1.807) is 6.08 Å². The molecule has 0 aliphatic heterocycles. The summed E-state index contributed by atoms with van der Waals surface area (Å²) in [5.41, 5.74) is 0.454. The monoisotopic (exact) mass is 316 g/mol. The fourth-order valence-electron chi connectivity index (χ4n) is 2.06. The zero-order chi connectivity index (χ0) is 16.6. The number of aryl methyl sites for hydroxylation is 2. The first-order chi connectivity index (χ1) is 10.4. The Morgan fingerprint density at radius 1 is 0.955 bits per heavy atom. The van der Waals surface area contributed by atoms with Crippen LogP contribution in [0.3, 0.4) is 0 Å². The number of hydrogen-bond donors (Lipinski definition) is 0. The minimum Gasteiger partial charge on any atom is -0.402 e. The van der Waals surface area contributed by atoms with Gasteiger partial charge in [0.05, 0.1) is 0 Å². The fraction of sp³-hybridized carbons (Fsp3) is 0.412. The second kappa shape index (κ2) is 8.61. The average molecular weight is 316 g/mol. The average Bonchev–Trinajstić information content (AvgIpc) is 2.44. The van der Waals surface area contributed by atoms with E-state index in [1.165, 1.54) is 12.1 Å². The maximum absolute atomic E-state index is 14.3. The molecule has 0 unspecified atom stereocenters. The molecule has 1 nitrogen and oxygen atoms in total. The van der Waals surface area contributed by atoms with Gasteiger partial charge in [-0.1, -0.05) is 36.4 Å². The highest BCUT2D eigenvalue weighted by atomic mass is 19.4. The second-order valence-corrected chi connectivity index (χ2v) is 4.79. The van der Waals surface area contributed by atoms with Crippen LogP contribution in [0.1, 0.15) is 37.8 Å². The third-order valence-electron chi connectivity index (χ3n) is 3.11. The Kier molecular flexibility index (Phi) is 7.15. The van der Waals surface area contributed by atoms with Crippen LogP contribution < -0.4 is 4.74 Å². The quantitative estimate of drug-likeness (QED) is 0.460. The van der Waals surface area contributed by atoms with Gasteiger partial charge in [0, 0.05) is 0 Å². The first-order valence-electron chi connectivity index (χ1n) is 7.17. The van der Waals surface area contributed by atoms with Gasteiger partial charge in [-0.2, -0.15) is 0 Å². The smallest absolute Gasteiger partial charge is 0.402 e. The van der Waals surface area contributed by atoms with E-state index in [0.717, 1.165) is 0 Å². The van der Waals surface area contributed by atoms with E-state index in [-0.39, 0.29) is 11.1 Å². The number of ether oxygens (including phenoxy) is 1. The lowest BCUT2D eigenvalue weighted by molar-refractivity contribution is -0.275. The van der Waals surface area contributed by atoms with Crippen molar-refractivity contribution in [1.29, 1.82) is 0 Å². The summed E-state index contributed by atoms with van der Waals surface area (Å²) in [6.45, 7) is 3.65. The second-order valence-electron chi connectivity index (χ2n) is 4.79. The lowest BCUT2D eigenvalue weighted by atomic mass is 10.0. The van der Waals surface area contributed by atoms with Crippen LogP contribution in [0.15, 0.2) is 36.4 Å². The number of rotatable bonds is 7. The van der Waals surface area contributed by atoms with E-state index in [9.17, 15) is 17.6 Å². The summed E-state index contributed by atoms with van der Waals surface area (Å²) >= 11 is 0. The minimum absolute atomic E-state index is 0.225. The Morgan fingerprint density at radius 3 is 1.95 bits per heavy atom. The molecule has 0 aromatic heterocycles. The molecule has 0 N–H and O–H groups in total. The van der Waals surface area contributed by atoms with Crippen molar-refractivity contribution in [2.24, 2.45) is 0 Å². The van der Waals surface area contributed by atoms with Crippen LogP contribution in [-0.4, -0.2) is 6.36 Å². The highest BCUT2D eigenvalue weighted by Gasteiger charge is 2.34. The van der Waals surface area contributed by atoms with E-state index in [1.807, 2.05) is 32.1 Å². The predicted molar refractivity (Wildman–Crippen MR) is 79.4 cm³/mol. The highest BCUT2D eigenvalue weighted by molar-refractivity contribution is 5.40. The molecule has 22 heavy (non-hydrogen) atoms. The van der Waals surface area contributed by atoms with E-state index >= 15 is 0 Å². The van der Waals surface area contributed by atoms with Gasteiger partial charge >= 0.3 is 6.36 Å². The van der Waals surface area contributed by atoms with Gasteiger partial charge in [0.1, 0.15) is 0 Å². The third-order valence-corrected chi connectivity index (χ3v) is 3.11. The summed E-state index contributed by atoms with van der Waals surface area (Å²) in [5.74, 6) is -1.62. The summed E-state index contributed by atoms with van der Waals surface area (Å²) in [7, 11) is 0. The summed E-state index contributed by atoms with van der Waals surface area (Å²) in [6, 6.07) is 3.05. The van der Waals surface area contributed by atoms with Crippen molar-refractivity contribution < 1.29 is 22.3 Å². The van der Waals surface area contributed by atoms with Gasteiger partial charge in [0.25, 0.3) is 0 Å². The molecule has 0 amide bonds. The van der Waals surface area contributed by atoms with Crippen LogP contribution >= 0.6 is 0 Å². The van der Waals surface area contributed by atoms with Crippen molar-refractivity contribution in [3.63, 3.8) is 0 Å². The molecule has 0 radical (unpaired) electrons. The van der Waals surface area contributed by atoms with E-state index < -0.39 is 17.9 Å². The molecule has 0 atom stereocenters. The summed E-state index contributed by atoms with van der Waals surface area (Å²) in [6.07, 6.45) is 4.08. The van der Waals surface area contributed by atoms with Crippen molar-refractivity contribution in [2.75, 3.05) is 0 Å². The van der Waals surface area contributed by atoms with Crippen molar-refractivity contribution in [2.45, 2.75) is 45.9 Å². The summed E-state index contributed by atoms with van der Waals surface area (Å²) < 4.78 is 55.8. The first-order valence-corrected chi connectivity index (χ1v) is 7.17. The van der Waals surface area contributed by atoms with E-state index in [4.69, 9.17) is 0 Å². The van der Waals surface area contributed by atoms with Crippen molar-refractivity contribution in [3.8, 4) is 5.75 Å². The molecule has 1 rings (SSSR count). The summed E-state index contributed by atoms with van der Waals surface area (Å²) in [5, 5.41) is 0. The lowest BCUT2D eigenvalue weighted by Gasteiger charge is -2.16. The Bertz CT molecular complexity index is 530. The maximum atomic E-state index is 14.3. The van der Waals surface area contributed by atoms with Gasteiger partial charge in [-0.15, -0.1) is 13.2 Å². The minimum atomic E-state index is -4.90. The molecule has 1 aromatic carbocycles. The SMILES string of the molecule is C/C=C/CCc1ccc(CC/C=C/C)c(OC(F)(F)F)c1F. The Balaban J connectivity index is 3.08. The van der Waals surface area contributed by atoms with Crippen molar-refractivity contribution in [1.82, 2.24) is 0 Å². The molecule has 0 aliphatic carbocycles. The maximum Gasteiger partial charge on any atom is 0.573 e. The lowest BCUT2D eigenvalue weighted by Crippen LogP contribution is -2.19. The number of alkyl halides is 3. The van der Waals surface area contributed by atoms with Crippen LogP contribution in [0.4, 0.5) is 17.6 Å². The number of benzene rings is 1. The molecule has 0 saturated carbocycles. The van der Waals surface area contributed by atoms with Gasteiger partial charge in [-0.25, -0.2) is 4.39 Å². The molecule has 1 aromatic rings. The zero-order valence-electron chi connectivity index (χ0n) is 12.7. The van der Waals surface area contributed by atoms with Crippen molar-refractivity contribution in [3.05, 3.63) is 53.4 Å². The van der Waals surface area contributed by atoms with Gasteiger partial charge in [-0.3, -0.25) is 0 Å². The first kappa shape index (κ1) is 18.3. The molecular weight excluding hydrogens is 296 g/mol. The van der Waals surface area contributed by atoms with Crippen LogP contribution in [0.5, 0.6) is 5.75 Å². The highest BCUT2D eigenvalue weighted by Crippen LogP contribution is 2.32. The van der Waals surface area contributed by atoms with Gasteiger partial charge in [-0.05, 0) is 50.7 Å². The normalized spacial score (nSPS) is 12.5. The van der Waals surface area contributed by atoms with E-state index in [0.29, 0.717) is 25.7 Å². The topological polar surface area (TPSA) is 9.23 Å².